The minimum absolute atomic E-state index is 0.0156. The number of benzene rings is 1. The fourth-order valence-electron chi connectivity index (χ4n) is 8.22. The van der Waals surface area contributed by atoms with Crippen molar-refractivity contribution in [3.8, 4) is 0 Å². The van der Waals surface area contributed by atoms with E-state index in [1.165, 1.54) is 4.90 Å². The topological polar surface area (TPSA) is 147 Å². The number of methoxy groups -OCH3 is 2. The summed E-state index contributed by atoms with van der Waals surface area (Å²) in [4.78, 5) is 74.0. The van der Waals surface area contributed by atoms with Crippen LogP contribution in [0.5, 0.6) is 0 Å². The third kappa shape index (κ3) is 13.5. The quantitative estimate of drug-likeness (QED) is 0.152. The van der Waals surface area contributed by atoms with Crippen LogP contribution >= 0.6 is 0 Å². The van der Waals surface area contributed by atoms with E-state index in [1.807, 2.05) is 92.3 Å². The molecule has 13 heteroatoms. The summed E-state index contributed by atoms with van der Waals surface area (Å²) in [5, 5.41) is 6.17. The number of nitrogens with zero attached hydrogens (tertiary/aromatic N) is 3. The fourth-order valence-corrected chi connectivity index (χ4v) is 8.22. The molecule has 0 unspecified atom stereocenters. The van der Waals surface area contributed by atoms with Crippen molar-refractivity contribution in [2.24, 2.45) is 23.7 Å². The second kappa shape index (κ2) is 23.9. The maximum atomic E-state index is 14.4. The summed E-state index contributed by atoms with van der Waals surface area (Å²) < 4.78 is 17.5. The molecule has 1 saturated heterocycles. The highest BCUT2D eigenvalue weighted by Crippen LogP contribution is 2.30. The number of carbonyl (C=O) groups is 5. The van der Waals surface area contributed by atoms with E-state index in [9.17, 15) is 24.0 Å². The summed E-state index contributed by atoms with van der Waals surface area (Å²) in [6, 6.07) is 7.43. The number of ether oxygens (including phenoxy) is 3. The Morgan fingerprint density at radius 1 is 0.828 bits per heavy atom. The number of rotatable bonds is 23. The summed E-state index contributed by atoms with van der Waals surface area (Å²) >= 11 is 0. The van der Waals surface area contributed by atoms with Crippen LogP contribution in [0.1, 0.15) is 113 Å². The van der Waals surface area contributed by atoms with Crippen molar-refractivity contribution < 1.29 is 38.2 Å². The van der Waals surface area contributed by atoms with E-state index < -0.39 is 42.2 Å². The lowest BCUT2D eigenvalue weighted by Gasteiger charge is -2.41. The normalized spacial score (nSPS) is 19.1. The Bertz CT molecular complexity index is 1460. The van der Waals surface area contributed by atoms with Gasteiger partial charge < -0.3 is 39.5 Å². The van der Waals surface area contributed by atoms with Crippen LogP contribution in [-0.2, 0) is 38.2 Å². The number of nitrogens with one attached hydrogen (secondary N) is 2. The summed E-state index contributed by atoms with van der Waals surface area (Å²) in [6.07, 6.45) is 0.872. The zero-order chi connectivity index (χ0) is 44.0. The molecule has 330 valence electrons. The molecule has 2 rings (SSSR count). The Kier molecular flexibility index (Phi) is 20.8. The average molecular weight is 816 g/mol. The Balaban J connectivity index is 2.27. The van der Waals surface area contributed by atoms with Gasteiger partial charge in [-0.2, -0.15) is 0 Å². The third-order valence-electron chi connectivity index (χ3n) is 12.2. The van der Waals surface area contributed by atoms with Crippen LogP contribution in [0, 0.1) is 23.7 Å². The first-order valence-electron chi connectivity index (χ1n) is 21.4. The van der Waals surface area contributed by atoms with E-state index >= 15 is 0 Å². The molecule has 1 fully saturated rings. The summed E-state index contributed by atoms with van der Waals surface area (Å²) in [6.45, 7) is 21.5. The SMILES string of the molecule is CC[C@H](C)[C@@H]([C@@H](CC(=O)N1CCC[C@H]1[C@H](OC)[C@@H](C)C(=O)N[C@H](C)[C@@H](C)c1ccccc1)OC)N(C)C(=O)[C@@H](NC(=O)[C@H](C(C)C)N(C)C(=O)COC(C)C)C(C)C. The molecule has 0 bridgehead atoms. The highest BCUT2D eigenvalue weighted by molar-refractivity contribution is 5.92. The van der Waals surface area contributed by atoms with Crippen LogP contribution in [-0.4, -0.2) is 134 Å². The molecule has 10 atom stereocenters. The molecule has 1 heterocycles. The number of hydrogen-bond donors (Lipinski definition) is 2. The molecule has 0 saturated carbocycles. The van der Waals surface area contributed by atoms with Crippen molar-refractivity contribution in [2.75, 3.05) is 41.5 Å². The van der Waals surface area contributed by atoms with Gasteiger partial charge in [-0.15, -0.1) is 0 Å². The lowest BCUT2D eigenvalue weighted by molar-refractivity contribution is -0.149. The molecule has 0 spiro atoms. The van der Waals surface area contributed by atoms with Gasteiger partial charge in [-0.3, -0.25) is 24.0 Å². The van der Waals surface area contributed by atoms with Gasteiger partial charge >= 0.3 is 0 Å². The first kappa shape index (κ1) is 50.6. The molecule has 0 aromatic heterocycles. The number of likely N-dealkylation sites (tertiary alicyclic amines) is 1. The number of likely N-dealkylation sites (N-methyl/N-ethyl adjacent to an activating group) is 2. The lowest BCUT2D eigenvalue weighted by Crippen LogP contribution is -2.60. The number of amides is 5. The van der Waals surface area contributed by atoms with Gasteiger partial charge in [-0.05, 0) is 56.9 Å². The van der Waals surface area contributed by atoms with Crippen LogP contribution in [0.2, 0.25) is 0 Å². The zero-order valence-electron chi connectivity index (χ0n) is 38.2. The van der Waals surface area contributed by atoms with E-state index in [-0.39, 0.29) is 78.5 Å². The van der Waals surface area contributed by atoms with E-state index in [4.69, 9.17) is 14.2 Å². The van der Waals surface area contributed by atoms with E-state index in [2.05, 4.69) is 29.7 Å². The number of hydrogen-bond acceptors (Lipinski definition) is 8. The van der Waals surface area contributed by atoms with E-state index in [0.29, 0.717) is 19.4 Å². The molecular weight excluding hydrogens is 739 g/mol. The second-order valence-electron chi connectivity index (χ2n) is 17.4. The molecule has 1 aromatic carbocycles. The van der Waals surface area contributed by atoms with Crippen molar-refractivity contribution in [1.29, 1.82) is 0 Å². The van der Waals surface area contributed by atoms with Crippen molar-refractivity contribution in [3.05, 3.63) is 35.9 Å². The van der Waals surface area contributed by atoms with Crippen molar-refractivity contribution in [1.82, 2.24) is 25.3 Å². The molecule has 0 radical (unpaired) electrons. The largest absolute Gasteiger partial charge is 0.379 e. The standard InChI is InChI=1S/C45H77N5O8/c1-16-30(8)41(49(13)45(55)39(27(2)3)47-44(54)40(28(4)5)48(12)38(52)26-58-29(6)7)36(56-14)25-37(51)50-24-20-23-35(50)42(57-15)32(10)43(53)46-33(11)31(9)34-21-18-17-19-22-34/h17-19,21-22,27-33,35-36,39-42H,16,20,23-26H2,1-15H3,(H,46,53)(H,47,54)/t30-,31+,32+,33+,35-,36+,39-,40-,41-,42+/m0/s1. The zero-order valence-corrected chi connectivity index (χ0v) is 38.2. The fraction of sp³-hybridized carbons (Fsp3) is 0.756. The first-order valence-corrected chi connectivity index (χ1v) is 21.4. The lowest BCUT2D eigenvalue weighted by atomic mass is 9.89. The van der Waals surface area contributed by atoms with Crippen molar-refractivity contribution in [2.45, 2.75) is 156 Å². The Morgan fingerprint density at radius 2 is 1.45 bits per heavy atom. The van der Waals surface area contributed by atoms with Gasteiger partial charge in [0.2, 0.25) is 29.5 Å². The van der Waals surface area contributed by atoms with Crippen LogP contribution in [0.3, 0.4) is 0 Å². The maximum absolute atomic E-state index is 14.4. The van der Waals surface area contributed by atoms with Crippen LogP contribution < -0.4 is 10.6 Å². The van der Waals surface area contributed by atoms with Gasteiger partial charge in [0.25, 0.3) is 0 Å². The molecule has 13 nitrogen and oxygen atoms in total. The minimum Gasteiger partial charge on any atom is -0.379 e. The minimum atomic E-state index is -0.898. The second-order valence-corrected chi connectivity index (χ2v) is 17.4. The van der Waals surface area contributed by atoms with Gasteiger partial charge in [0.15, 0.2) is 0 Å². The Hall–Kier alpha value is -3.55. The van der Waals surface area contributed by atoms with Crippen LogP contribution in [0.25, 0.3) is 0 Å². The van der Waals surface area contributed by atoms with Crippen LogP contribution in [0.15, 0.2) is 30.3 Å². The summed E-state index contributed by atoms with van der Waals surface area (Å²) in [7, 11) is 6.43. The van der Waals surface area contributed by atoms with Crippen LogP contribution in [0.4, 0.5) is 0 Å². The third-order valence-corrected chi connectivity index (χ3v) is 12.2. The predicted octanol–water partition coefficient (Wildman–Crippen LogP) is 5.26. The summed E-state index contributed by atoms with van der Waals surface area (Å²) in [5.41, 5.74) is 1.14. The molecular formula is C45H77N5O8. The Morgan fingerprint density at radius 3 is 1.97 bits per heavy atom. The van der Waals surface area contributed by atoms with Gasteiger partial charge in [0, 0.05) is 46.8 Å². The van der Waals surface area contributed by atoms with Gasteiger partial charge in [0.1, 0.15) is 18.7 Å². The molecule has 1 aromatic rings. The molecule has 2 N–H and O–H groups in total. The van der Waals surface area contributed by atoms with Gasteiger partial charge in [0.05, 0.1) is 42.7 Å². The summed E-state index contributed by atoms with van der Waals surface area (Å²) in [5.74, 6) is -2.31. The average Bonchev–Trinajstić information content (AvgIpc) is 3.67. The highest BCUT2D eigenvalue weighted by Gasteiger charge is 2.43. The van der Waals surface area contributed by atoms with Crippen molar-refractivity contribution in [3.63, 3.8) is 0 Å². The molecule has 0 aliphatic carbocycles. The maximum Gasteiger partial charge on any atom is 0.249 e. The monoisotopic (exact) mass is 816 g/mol. The van der Waals surface area contributed by atoms with Crippen molar-refractivity contribution >= 4 is 29.5 Å². The molecule has 5 amide bonds. The first-order chi connectivity index (χ1) is 27.2. The smallest absolute Gasteiger partial charge is 0.249 e. The van der Waals surface area contributed by atoms with Gasteiger partial charge in [-0.25, -0.2) is 0 Å². The highest BCUT2D eigenvalue weighted by atomic mass is 16.5. The molecule has 1 aliphatic heterocycles. The Labute approximate surface area is 349 Å². The predicted molar refractivity (Wildman–Crippen MR) is 228 cm³/mol. The molecule has 58 heavy (non-hydrogen) atoms. The van der Waals surface area contributed by atoms with Gasteiger partial charge in [-0.1, -0.05) is 92.1 Å². The molecule has 1 aliphatic rings. The van der Waals surface area contributed by atoms with E-state index in [0.717, 1.165) is 12.0 Å². The number of carbonyl (C=O) groups excluding carboxylic acids is 5. The van der Waals surface area contributed by atoms with E-state index in [1.54, 1.807) is 33.2 Å².